The topological polar surface area (TPSA) is 82.1 Å². The summed E-state index contributed by atoms with van der Waals surface area (Å²) in [5.74, 6) is -0.181. The molecule has 7 heteroatoms. The molecule has 0 aliphatic carbocycles. The van der Waals surface area contributed by atoms with Gasteiger partial charge in [-0.2, -0.15) is 0 Å². The van der Waals surface area contributed by atoms with Crippen molar-refractivity contribution in [2.75, 3.05) is 34.9 Å². The fourth-order valence-electron chi connectivity index (χ4n) is 6.83. The lowest BCUT2D eigenvalue weighted by atomic mass is 10.0. The van der Waals surface area contributed by atoms with E-state index in [-0.39, 0.29) is 24.0 Å². The highest BCUT2D eigenvalue weighted by molar-refractivity contribution is 5.69. The number of nitrogens with zero attached hydrogens (tertiary/aromatic N) is 1. The summed E-state index contributed by atoms with van der Waals surface area (Å²) < 4.78 is 15.4. The van der Waals surface area contributed by atoms with E-state index in [2.05, 4.69) is 35.9 Å². The van der Waals surface area contributed by atoms with E-state index in [1.54, 1.807) is 0 Å². The lowest BCUT2D eigenvalue weighted by Crippen LogP contribution is -2.20. The molecular weight excluding hydrogens is 650 g/mol. The number of ether oxygens (including phenoxy) is 3. The van der Waals surface area contributed by atoms with Crippen LogP contribution in [-0.4, -0.2) is 63.8 Å². The van der Waals surface area contributed by atoms with E-state index in [9.17, 15) is 14.4 Å². The summed E-state index contributed by atoms with van der Waals surface area (Å²) in [4.78, 5) is 37.0. The molecule has 0 fully saturated rings. The van der Waals surface area contributed by atoms with E-state index in [0.717, 1.165) is 57.9 Å². The predicted molar refractivity (Wildman–Crippen MR) is 219 cm³/mol. The first kappa shape index (κ1) is 50.1. The van der Waals surface area contributed by atoms with Crippen molar-refractivity contribution < 1.29 is 28.6 Å². The maximum Gasteiger partial charge on any atom is 0.306 e. The SMILES string of the molecule is COC(=O)CCCCCCC/C=C\CCCCCCCCC(CCCCCCCCCCCCCCCCCC(=O)OC)OC(=O)CCCN(C)C. The van der Waals surface area contributed by atoms with Crippen LogP contribution < -0.4 is 0 Å². The molecule has 0 rings (SSSR count). The molecule has 306 valence electrons. The summed E-state index contributed by atoms with van der Waals surface area (Å²) >= 11 is 0. The van der Waals surface area contributed by atoms with Gasteiger partial charge in [-0.25, -0.2) is 0 Å². The van der Waals surface area contributed by atoms with Crippen LogP contribution in [0.4, 0.5) is 0 Å². The number of carbonyl (C=O) groups excluding carboxylic acids is 3. The van der Waals surface area contributed by atoms with Crippen molar-refractivity contribution in [2.45, 2.75) is 224 Å². The third-order valence-electron chi connectivity index (χ3n) is 10.2. The molecule has 0 aromatic carbocycles. The molecule has 0 N–H and O–H groups in total. The minimum Gasteiger partial charge on any atom is -0.469 e. The van der Waals surface area contributed by atoms with Crippen LogP contribution in [0.5, 0.6) is 0 Å². The first-order valence-electron chi connectivity index (χ1n) is 22.0. The van der Waals surface area contributed by atoms with Gasteiger partial charge >= 0.3 is 17.9 Å². The molecule has 7 nitrogen and oxygen atoms in total. The van der Waals surface area contributed by atoms with Gasteiger partial charge in [-0.3, -0.25) is 14.4 Å². The molecule has 0 spiro atoms. The normalized spacial score (nSPS) is 12.1. The summed E-state index contributed by atoms with van der Waals surface area (Å²) in [5, 5.41) is 0. The van der Waals surface area contributed by atoms with E-state index in [1.807, 2.05) is 0 Å². The van der Waals surface area contributed by atoms with Crippen molar-refractivity contribution in [2.24, 2.45) is 0 Å². The van der Waals surface area contributed by atoms with Crippen LogP contribution in [0.3, 0.4) is 0 Å². The van der Waals surface area contributed by atoms with Crippen molar-refractivity contribution in [3.8, 4) is 0 Å². The van der Waals surface area contributed by atoms with Gasteiger partial charge in [-0.15, -0.1) is 0 Å². The van der Waals surface area contributed by atoms with Crippen LogP contribution >= 0.6 is 0 Å². The highest BCUT2D eigenvalue weighted by Gasteiger charge is 2.14. The molecule has 0 aliphatic rings. The molecule has 0 saturated carbocycles. The summed E-state index contributed by atoms with van der Waals surface area (Å²) in [6, 6.07) is 0. The Balaban J connectivity index is 3.88. The molecule has 52 heavy (non-hydrogen) atoms. The van der Waals surface area contributed by atoms with Crippen LogP contribution in [0.1, 0.15) is 218 Å². The largest absolute Gasteiger partial charge is 0.469 e. The minimum atomic E-state index is -0.0912. The zero-order chi connectivity index (χ0) is 38.2. The van der Waals surface area contributed by atoms with Gasteiger partial charge in [0.2, 0.25) is 0 Å². The minimum absolute atomic E-state index is 0.00817. The fourth-order valence-corrected chi connectivity index (χ4v) is 6.83. The Morgan fingerprint density at radius 1 is 0.423 bits per heavy atom. The van der Waals surface area contributed by atoms with Crippen LogP contribution in [-0.2, 0) is 28.6 Å². The molecule has 0 radical (unpaired) electrons. The number of hydrogen-bond acceptors (Lipinski definition) is 7. The van der Waals surface area contributed by atoms with E-state index < -0.39 is 0 Å². The zero-order valence-corrected chi connectivity index (χ0v) is 34.9. The van der Waals surface area contributed by atoms with Gasteiger partial charge in [0.25, 0.3) is 0 Å². The molecular formula is C45H85NO6. The Morgan fingerprint density at radius 2 is 0.731 bits per heavy atom. The second kappa shape index (κ2) is 40.3. The second-order valence-corrected chi connectivity index (χ2v) is 15.5. The van der Waals surface area contributed by atoms with Gasteiger partial charge in [0.1, 0.15) is 6.10 Å². The van der Waals surface area contributed by atoms with Gasteiger partial charge in [-0.05, 0) is 91.3 Å². The molecule has 0 aromatic heterocycles. The highest BCUT2D eigenvalue weighted by Crippen LogP contribution is 2.19. The van der Waals surface area contributed by atoms with E-state index in [4.69, 9.17) is 9.47 Å². The Morgan fingerprint density at radius 3 is 1.08 bits per heavy atom. The van der Waals surface area contributed by atoms with Crippen LogP contribution in [0.25, 0.3) is 0 Å². The Hall–Kier alpha value is -1.89. The Labute approximate surface area is 322 Å². The maximum atomic E-state index is 12.6. The third-order valence-corrected chi connectivity index (χ3v) is 10.2. The van der Waals surface area contributed by atoms with Gasteiger partial charge in [0, 0.05) is 19.3 Å². The summed E-state index contributed by atoms with van der Waals surface area (Å²) in [6.07, 6.45) is 44.2. The molecule has 0 saturated heterocycles. The molecule has 1 unspecified atom stereocenters. The average Bonchev–Trinajstić information content (AvgIpc) is 3.13. The number of hydrogen-bond donors (Lipinski definition) is 0. The number of carbonyl (C=O) groups is 3. The summed E-state index contributed by atoms with van der Waals surface area (Å²) in [6.45, 7) is 0.928. The third kappa shape index (κ3) is 39.3. The molecule has 0 bridgehead atoms. The van der Waals surface area contributed by atoms with E-state index >= 15 is 0 Å². The van der Waals surface area contributed by atoms with Crippen molar-refractivity contribution >= 4 is 17.9 Å². The molecule has 0 aliphatic heterocycles. The van der Waals surface area contributed by atoms with Crippen LogP contribution in [0, 0.1) is 0 Å². The summed E-state index contributed by atoms with van der Waals surface area (Å²) in [7, 11) is 7.03. The molecule has 0 amide bonds. The number of unbranched alkanes of at least 4 members (excludes halogenated alkanes) is 25. The molecule has 1 atom stereocenters. The maximum absolute atomic E-state index is 12.6. The lowest BCUT2D eigenvalue weighted by Gasteiger charge is -2.18. The smallest absolute Gasteiger partial charge is 0.306 e. The standard InChI is InChI=1S/C45H85NO6/c1-46(2)41-35-40-45(49)52-42(36-31-27-23-19-15-11-7-5-9-13-17-21-25-29-33-38-43(47)50-3)37-32-28-24-20-16-12-8-6-10-14-18-22-26-30-34-39-44(48)51-4/h5,9,42H,6-8,10-41H2,1-4H3/b9-5-. The Bertz CT molecular complexity index is 829. The van der Waals surface area contributed by atoms with Gasteiger partial charge in [0.15, 0.2) is 0 Å². The predicted octanol–water partition coefficient (Wildman–Crippen LogP) is 12.6. The van der Waals surface area contributed by atoms with Crippen molar-refractivity contribution in [3.63, 3.8) is 0 Å². The van der Waals surface area contributed by atoms with Crippen molar-refractivity contribution in [3.05, 3.63) is 12.2 Å². The van der Waals surface area contributed by atoms with Crippen LogP contribution in [0.2, 0.25) is 0 Å². The summed E-state index contributed by atoms with van der Waals surface area (Å²) in [5.41, 5.74) is 0. The number of rotatable bonds is 40. The Kier molecular flexibility index (Phi) is 38.8. The van der Waals surface area contributed by atoms with E-state index in [0.29, 0.717) is 19.3 Å². The van der Waals surface area contributed by atoms with Gasteiger partial charge in [0.05, 0.1) is 14.2 Å². The van der Waals surface area contributed by atoms with Crippen molar-refractivity contribution in [1.29, 1.82) is 0 Å². The monoisotopic (exact) mass is 736 g/mol. The van der Waals surface area contributed by atoms with E-state index in [1.165, 1.54) is 162 Å². The van der Waals surface area contributed by atoms with Gasteiger partial charge in [-0.1, -0.05) is 141 Å². The number of methoxy groups -OCH3 is 2. The fraction of sp³-hybridized carbons (Fsp3) is 0.889. The van der Waals surface area contributed by atoms with Crippen molar-refractivity contribution in [1.82, 2.24) is 4.90 Å². The van der Waals surface area contributed by atoms with Crippen LogP contribution in [0.15, 0.2) is 12.2 Å². The first-order valence-corrected chi connectivity index (χ1v) is 22.0. The second-order valence-electron chi connectivity index (χ2n) is 15.5. The quantitative estimate of drug-likeness (QED) is 0.0268. The number of esters is 3. The molecule has 0 heterocycles. The number of allylic oxidation sites excluding steroid dienone is 2. The highest BCUT2D eigenvalue weighted by atomic mass is 16.5. The molecule has 0 aromatic rings. The lowest BCUT2D eigenvalue weighted by molar-refractivity contribution is -0.150. The average molecular weight is 736 g/mol. The first-order chi connectivity index (χ1) is 25.4. The van der Waals surface area contributed by atoms with Gasteiger partial charge < -0.3 is 19.1 Å². The zero-order valence-electron chi connectivity index (χ0n) is 34.9.